The molecule has 0 saturated carbocycles. The molecule has 7 nitrogen and oxygen atoms in total. The van der Waals surface area contributed by atoms with Crippen LogP contribution in [0.5, 0.6) is 0 Å². The van der Waals surface area contributed by atoms with Gasteiger partial charge < -0.3 is 15.7 Å². The van der Waals surface area contributed by atoms with Gasteiger partial charge in [0, 0.05) is 12.7 Å². The maximum Gasteiger partial charge on any atom is 0.253 e. The molecule has 8 heteroatoms. The Kier molecular flexibility index (Phi) is 6.36. The SMILES string of the molecule is CCS(=O)(=O)c1ccc([C@@H](CO)NC(=O)c2cnc3c(c2)CNC3C(C)C)cc1. The lowest BCUT2D eigenvalue weighted by molar-refractivity contribution is 0.0915. The molecule has 1 aliphatic rings. The van der Waals surface area contributed by atoms with E-state index in [4.69, 9.17) is 0 Å². The number of aliphatic hydroxyl groups excluding tert-OH is 1. The second kappa shape index (κ2) is 8.61. The Morgan fingerprint density at radius 3 is 2.59 bits per heavy atom. The van der Waals surface area contributed by atoms with E-state index in [1.807, 2.05) is 6.07 Å². The molecule has 0 spiro atoms. The van der Waals surface area contributed by atoms with Crippen LogP contribution >= 0.6 is 0 Å². The molecule has 2 aromatic rings. The van der Waals surface area contributed by atoms with Gasteiger partial charge >= 0.3 is 0 Å². The van der Waals surface area contributed by atoms with Gasteiger partial charge in [-0.15, -0.1) is 0 Å². The molecule has 1 amide bonds. The largest absolute Gasteiger partial charge is 0.394 e. The third-order valence-electron chi connectivity index (χ3n) is 5.25. The van der Waals surface area contributed by atoms with Crippen molar-refractivity contribution >= 4 is 15.7 Å². The van der Waals surface area contributed by atoms with Gasteiger partial charge in [0.25, 0.3) is 5.91 Å². The third kappa shape index (κ3) is 4.49. The molecular formula is C21H27N3O4S. The summed E-state index contributed by atoms with van der Waals surface area (Å²) < 4.78 is 23.9. The Morgan fingerprint density at radius 2 is 2.00 bits per heavy atom. The van der Waals surface area contributed by atoms with Gasteiger partial charge in [0.2, 0.25) is 0 Å². The lowest BCUT2D eigenvalue weighted by Gasteiger charge is -2.18. The number of carbonyl (C=O) groups excluding carboxylic acids is 1. The zero-order chi connectivity index (χ0) is 21.2. The molecule has 1 aromatic carbocycles. The molecule has 3 N–H and O–H groups in total. The maximum atomic E-state index is 12.7. The van der Waals surface area contributed by atoms with Crippen LogP contribution in [0.4, 0.5) is 0 Å². The molecule has 0 radical (unpaired) electrons. The first-order chi connectivity index (χ1) is 13.8. The number of pyridine rings is 1. The summed E-state index contributed by atoms with van der Waals surface area (Å²) in [7, 11) is -3.29. The van der Waals surface area contributed by atoms with E-state index in [2.05, 4.69) is 29.5 Å². The minimum absolute atomic E-state index is 0.0182. The van der Waals surface area contributed by atoms with Crippen molar-refractivity contribution in [1.82, 2.24) is 15.6 Å². The quantitative estimate of drug-likeness (QED) is 0.637. The standard InChI is InChI=1S/C21H27N3O4S/c1-4-29(27,28)17-7-5-14(6-8-17)18(12-25)24-21(26)16-9-15-10-22-19(13(2)3)20(15)23-11-16/h5-9,11,13,18-19,22,25H,4,10,12H2,1-3H3,(H,24,26)/t18-,19?/m1/s1. The smallest absolute Gasteiger partial charge is 0.253 e. The number of hydrogen-bond acceptors (Lipinski definition) is 6. The van der Waals surface area contributed by atoms with E-state index in [1.54, 1.807) is 25.3 Å². The van der Waals surface area contributed by atoms with Gasteiger partial charge in [0.15, 0.2) is 9.84 Å². The molecule has 0 saturated heterocycles. The average Bonchev–Trinajstić information content (AvgIpc) is 3.15. The predicted octanol–water partition coefficient (Wildman–Crippen LogP) is 2.14. The lowest BCUT2D eigenvalue weighted by Crippen LogP contribution is -2.31. The summed E-state index contributed by atoms with van der Waals surface area (Å²) in [4.78, 5) is 17.4. The first-order valence-corrected chi connectivity index (χ1v) is 11.4. The number of benzene rings is 1. The van der Waals surface area contributed by atoms with Crippen LogP contribution in [0.15, 0.2) is 41.4 Å². The molecule has 1 aromatic heterocycles. The normalized spacial score (nSPS) is 17.2. The topological polar surface area (TPSA) is 108 Å². The Bertz CT molecular complexity index is 987. The van der Waals surface area contributed by atoms with Crippen molar-refractivity contribution in [1.29, 1.82) is 0 Å². The second-order valence-corrected chi connectivity index (χ2v) is 9.83. The molecule has 2 heterocycles. The van der Waals surface area contributed by atoms with Gasteiger partial charge in [0.1, 0.15) is 0 Å². The van der Waals surface area contributed by atoms with Gasteiger partial charge in [-0.05, 0) is 35.2 Å². The Hall–Kier alpha value is -2.29. The average molecular weight is 418 g/mol. The fourth-order valence-corrected chi connectivity index (χ4v) is 4.37. The Morgan fingerprint density at radius 1 is 1.31 bits per heavy atom. The Balaban J connectivity index is 1.75. The second-order valence-electron chi connectivity index (χ2n) is 7.55. The molecule has 0 fully saturated rings. The molecule has 1 unspecified atom stereocenters. The summed E-state index contributed by atoms with van der Waals surface area (Å²) in [5, 5.41) is 15.9. The van der Waals surface area contributed by atoms with Crippen LogP contribution in [0.3, 0.4) is 0 Å². The molecule has 156 valence electrons. The minimum atomic E-state index is -3.29. The zero-order valence-electron chi connectivity index (χ0n) is 16.8. The number of amides is 1. The number of nitrogens with zero attached hydrogens (tertiary/aromatic N) is 1. The van der Waals surface area contributed by atoms with Crippen molar-refractivity contribution in [2.45, 2.75) is 44.3 Å². The number of rotatable bonds is 7. The van der Waals surface area contributed by atoms with Gasteiger partial charge in [-0.1, -0.05) is 32.9 Å². The Labute approximate surface area is 171 Å². The van der Waals surface area contributed by atoms with Crippen molar-refractivity contribution in [3.05, 3.63) is 58.9 Å². The fraction of sp³-hybridized carbons (Fsp3) is 0.429. The number of carbonyl (C=O) groups is 1. The van der Waals surface area contributed by atoms with Gasteiger partial charge in [0.05, 0.1) is 40.6 Å². The van der Waals surface area contributed by atoms with Crippen LogP contribution in [0.2, 0.25) is 0 Å². The van der Waals surface area contributed by atoms with Crippen LogP contribution < -0.4 is 10.6 Å². The highest BCUT2D eigenvalue weighted by atomic mass is 32.2. The van der Waals surface area contributed by atoms with Gasteiger partial charge in [-0.2, -0.15) is 0 Å². The van der Waals surface area contributed by atoms with Crippen LogP contribution in [0, 0.1) is 5.92 Å². The first-order valence-electron chi connectivity index (χ1n) is 9.73. The van der Waals surface area contributed by atoms with Crippen molar-refractivity contribution in [3.63, 3.8) is 0 Å². The minimum Gasteiger partial charge on any atom is -0.394 e. The fourth-order valence-electron chi connectivity index (χ4n) is 3.48. The van der Waals surface area contributed by atoms with E-state index in [1.165, 1.54) is 12.1 Å². The highest BCUT2D eigenvalue weighted by Crippen LogP contribution is 2.29. The summed E-state index contributed by atoms with van der Waals surface area (Å²) in [6, 6.07) is 7.60. The summed E-state index contributed by atoms with van der Waals surface area (Å²) >= 11 is 0. The molecule has 29 heavy (non-hydrogen) atoms. The van der Waals surface area contributed by atoms with Crippen molar-refractivity contribution < 1.29 is 18.3 Å². The molecule has 2 atom stereocenters. The number of sulfone groups is 1. The molecule has 3 rings (SSSR count). The van der Waals surface area contributed by atoms with E-state index in [0.29, 0.717) is 23.6 Å². The lowest BCUT2D eigenvalue weighted by atomic mass is 10.0. The van der Waals surface area contributed by atoms with Crippen LogP contribution in [0.25, 0.3) is 0 Å². The van der Waals surface area contributed by atoms with Gasteiger partial charge in [-0.25, -0.2) is 8.42 Å². The highest BCUT2D eigenvalue weighted by Gasteiger charge is 2.27. The molecular weight excluding hydrogens is 390 g/mol. The number of aliphatic hydroxyl groups is 1. The van der Waals surface area contributed by atoms with E-state index in [-0.39, 0.29) is 29.2 Å². The van der Waals surface area contributed by atoms with Crippen molar-refractivity contribution in [3.8, 4) is 0 Å². The number of aromatic nitrogens is 1. The summed E-state index contributed by atoms with van der Waals surface area (Å²) in [6.07, 6.45) is 1.56. The van der Waals surface area contributed by atoms with E-state index in [0.717, 1.165) is 11.3 Å². The number of nitrogens with one attached hydrogen (secondary N) is 2. The van der Waals surface area contributed by atoms with Crippen LogP contribution in [-0.2, 0) is 16.4 Å². The van der Waals surface area contributed by atoms with Gasteiger partial charge in [-0.3, -0.25) is 9.78 Å². The maximum absolute atomic E-state index is 12.7. The van der Waals surface area contributed by atoms with Crippen LogP contribution in [-0.4, -0.2) is 36.8 Å². The summed E-state index contributed by atoms with van der Waals surface area (Å²) in [5.74, 6) is 0.0870. The molecule has 1 aliphatic heterocycles. The third-order valence-corrected chi connectivity index (χ3v) is 7.00. The molecule has 0 bridgehead atoms. The first kappa shape index (κ1) is 21.4. The van der Waals surface area contributed by atoms with Crippen molar-refractivity contribution in [2.24, 2.45) is 5.92 Å². The summed E-state index contributed by atoms with van der Waals surface area (Å²) in [6.45, 7) is 6.20. The monoisotopic (exact) mass is 417 g/mol. The molecule has 0 aliphatic carbocycles. The van der Waals surface area contributed by atoms with Crippen LogP contribution in [0.1, 0.15) is 60.0 Å². The number of hydrogen-bond donors (Lipinski definition) is 3. The van der Waals surface area contributed by atoms with Crippen molar-refractivity contribution in [2.75, 3.05) is 12.4 Å². The zero-order valence-corrected chi connectivity index (χ0v) is 17.7. The highest BCUT2D eigenvalue weighted by molar-refractivity contribution is 7.91. The number of fused-ring (bicyclic) bond motifs is 1. The van der Waals surface area contributed by atoms with E-state index < -0.39 is 15.9 Å². The van der Waals surface area contributed by atoms with E-state index in [9.17, 15) is 18.3 Å². The predicted molar refractivity (Wildman–Crippen MR) is 110 cm³/mol. The van der Waals surface area contributed by atoms with E-state index >= 15 is 0 Å². The summed E-state index contributed by atoms with van der Waals surface area (Å²) in [5.41, 5.74) is 3.04.